The van der Waals surface area contributed by atoms with Gasteiger partial charge >= 0.3 is 0 Å². The summed E-state index contributed by atoms with van der Waals surface area (Å²) < 4.78 is 2.01. The van der Waals surface area contributed by atoms with Gasteiger partial charge < -0.3 is 9.88 Å². The zero-order valence-corrected chi connectivity index (χ0v) is 12.1. The van der Waals surface area contributed by atoms with Crippen LogP contribution in [-0.2, 0) is 17.6 Å². The molecule has 1 amide bonds. The number of nitrogens with zero attached hydrogens (tertiary/aromatic N) is 2. The molecule has 4 nitrogen and oxygen atoms in total. The van der Waals surface area contributed by atoms with Crippen molar-refractivity contribution in [1.82, 2.24) is 14.9 Å². The van der Waals surface area contributed by atoms with Crippen molar-refractivity contribution in [2.45, 2.75) is 33.1 Å². The molecule has 0 bridgehead atoms. The van der Waals surface area contributed by atoms with Gasteiger partial charge in [0.15, 0.2) is 0 Å². The predicted octanol–water partition coefficient (Wildman–Crippen LogP) is 2.50. The van der Waals surface area contributed by atoms with Crippen LogP contribution in [0.15, 0.2) is 36.8 Å². The lowest BCUT2D eigenvalue weighted by Crippen LogP contribution is -2.22. The molecule has 1 aromatic carbocycles. The summed E-state index contributed by atoms with van der Waals surface area (Å²) >= 11 is 0. The second-order valence-corrected chi connectivity index (χ2v) is 4.92. The fourth-order valence-electron chi connectivity index (χ4n) is 2.12. The molecule has 0 unspecified atom stereocenters. The first-order chi connectivity index (χ1) is 9.69. The Morgan fingerprint density at radius 2 is 2.00 bits per heavy atom. The van der Waals surface area contributed by atoms with Crippen molar-refractivity contribution in [1.29, 1.82) is 0 Å². The Labute approximate surface area is 119 Å². The maximum absolute atomic E-state index is 10.8. The molecule has 2 rings (SSSR count). The number of carbonyl (C=O) groups excluding carboxylic acids is 1. The summed E-state index contributed by atoms with van der Waals surface area (Å²) in [5.41, 5.74) is 3.46. The van der Waals surface area contributed by atoms with Gasteiger partial charge in [-0.2, -0.15) is 0 Å². The normalized spacial score (nSPS) is 10.5. The highest BCUT2D eigenvalue weighted by Gasteiger charge is 2.02. The predicted molar refractivity (Wildman–Crippen MR) is 79.9 cm³/mol. The van der Waals surface area contributed by atoms with Crippen molar-refractivity contribution >= 4 is 5.91 Å². The standard InChI is InChI=1S/C16H21N3O/c1-3-4-14-5-7-16(8-6-14)19-11-15(18-12-19)9-10-17-13(2)20/h5-8,11-12H,3-4,9-10H2,1-2H3,(H,17,20). The molecular formula is C16H21N3O. The summed E-state index contributed by atoms with van der Waals surface area (Å²) in [6, 6.07) is 8.56. The van der Waals surface area contributed by atoms with Gasteiger partial charge in [0.1, 0.15) is 0 Å². The summed E-state index contributed by atoms with van der Waals surface area (Å²) in [4.78, 5) is 15.2. The van der Waals surface area contributed by atoms with Crippen molar-refractivity contribution in [3.63, 3.8) is 0 Å². The minimum absolute atomic E-state index is 0.00375. The third kappa shape index (κ3) is 3.95. The van der Waals surface area contributed by atoms with Crippen molar-refractivity contribution in [3.8, 4) is 5.69 Å². The van der Waals surface area contributed by atoms with E-state index in [1.807, 2.05) is 17.1 Å². The topological polar surface area (TPSA) is 46.9 Å². The van der Waals surface area contributed by atoms with Crippen LogP contribution in [0.2, 0.25) is 0 Å². The van der Waals surface area contributed by atoms with Gasteiger partial charge in [-0.25, -0.2) is 4.98 Å². The first-order valence-corrected chi connectivity index (χ1v) is 7.05. The average molecular weight is 271 g/mol. The first-order valence-electron chi connectivity index (χ1n) is 7.05. The molecule has 20 heavy (non-hydrogen) atoms. The monoisotopic (exact) mass is 271 g/mol. The number of hydrogen-bond acceptors (Lipinski definition) is 2. The molecule has 0 saturated heterocycles. The molecule has 0 aliphatic heterocycles. The van der Waals surface area contributed by atoms with E-state index in [1.165, 1.54) is 12.5 Å². The van der Waals surface area contributed by atoms with Gasteiger partial charge in [-0.1, -0.05) is 25.5 Å². The quantitative estimate of drug-likeness (QED) is 0.877. The highest BCUT2D eigenvalue weighted by Crippen LogP contribution is 2.12. The molecule has 0 radical (unpaired) electrons. The number of rotatable bonds is 6. The van der Waals surface area contributed by atoms with Gasteiger partial charge in [-0.15, -0.1) is 0 Å². The minimum atomic E-state index is -0.00375. The van der Waals surface area contributed by atoms with Crippen LogP contribution in [0.4, 0.5) is 0 Å². The average Bonchev–Trinajstić information content (AvgIpc) is 2.88. The van der Waals surface area contributed by atoms with E-state index in [4.69, 9.17) is 0 Å². The third-order valence-corrected chi connectivity index (χ3v) is 3.16. The van der Waals surface area contributed by atoms with Crippen molar-refractivity contribution in [2.75, 3.05) is 6.54 Å². The molecule has 0 aliphatic carbocycles. The Morgan fingerprint density at radius 1 is 1.25 bits per heavy atom. The zero-order chi connectivity index (χ0) is 14.4. The number of aromatic nitrogens is 2. The number of carbonyl (C=O) groups is 1. The van der Waals surface area contributed by atoms with Crippen LogP contribution in [0.5, 0.6) is 0 Å². The van der Waals surface area contributed by atoms with Gasteiger partial charge in [-0.3, -0.25) is 4.79 Å². The Hall–Kier alpha value is -2.10. The lowest BCUT2D eigenvalue weighted by molar-refractivity contribution is -0.118. The fraction of sp³-hybridized carbons (Fsp3) is 0.375. The van der Waals surface area contributed by atoms with E-state index >= 15 is 0 Å². The highest BCUT2D eigenvalue weighted by molar-refractivity contribution is 5.72. The second-order valence-electron chi connectivity index (χ2n) is 4.92. The number of hydrogen-bond donors (Lipinski definition) is 1. The van der Waals surface area contributed by atoms with E-state index in [2.05, 4.69) is 41.5 Å². The highest BCUT2D eigenvalue weighted by atomic mass is 16.1. The zero-order valence-electron chi connectivity index (χ0n) is 12.1. The number of imidazole rings is 1. The molecule has 1 heterocycles. The summed E-state index contributed by atoms with van der Waals surface area (Å²) in [5.74, 6) is -0.00375. The van der Waals surface area contributed by atoms with Gasteiger partial charge in [0.2, 0.25) is 5.91 Å². The van der Waals surface area contributed by atoms with Crippen LogP contribution >= 0.6 is 0 Å². The Bertz CT molecular complexity index is 557. The SMILES string of the molecule is CCCc1ccc(-n2cnc(CCNC(C)=O)c2)cc1. The second kappa shape index (κ2) is 6.89. The van der Waals surface area contributed by atoms with Gasteiger partial charge in [-0.05, 0) is 24.1 Å². The van der Waals surface area contributed by atoms with E-state index < -0.39 is 0 Å². The van der Waals surface area contributed by atoms with E-state index in [1.54, 1.807) is 0 Å². The van der Waals surface area contributed by atoms with E-state index in [0.29, 0.717) is 6.54 Å². The summed E-state index contributed by atoms with van der Waals surface area (Å²) in [7, 11) is 0. The smallest absolute Gasteiger partial charge is 0.216 e. The van der Waals surface area contributed by atoms with E-state index in [-0.39, 0.29) is 5.91 Å². The van der Waals surface area contributed by atoms with Gasteiger partial charge in [0.25, 0.3) is 0 Å². The minimum Gasteiger partial charge on any atom is -0.356 e. The maximum atomic E-state index is 10.8. The maximum Gasteiger partial charge on any atom is 0.216 e. The van der Waals surface area contributed by atoms with Crippen LogP contribution in [0.25, 0.3) is 5.69 Å². The van der Waals surface area contributed by atoms with Crippen molar-refractivity contribution < 1.29 is 4.79 Å². The fourth-order valence-corrected chi connectivity index (χ4v) is 2.12. The van der Waals surface area contributed by atoms with Crippen LogP contribution in [0, 0.1) is 0 Å². The number of nitrogens with one attached hydrogen (secondary N) is 1. The van der Waals surface area contributed by atoms with Crippen molar-refractivity contribution in [2.24, 2.45) is 0 Å². The summed E-state index contributed by atoms with van der Waals surface area (Å²) in [6.45, 7) is 4.34. The molecule has 4 heteroatoms. The largest absolute Gasteiger partial charge is 0.356 e. The molecular weight excluding hydrogens is 250 g/mol. The molecule has 2 aromatic rings. The van der Waals surface area contributed by atoms with Gasteiger partial charge in [0.05, 0.1) is 12.0 Å². The summed E-state index contributed by atoms with van der Waals surface area (Å²) in [5, 5.41) is 2.78. The summed E-state index contributed by atoms with van der Waals surface area (Å²) in [6.07, 6.45) is 6.86. The number of amides is 1. The lowest BCUT2D eigenvalue weighted by Gasteiger charge is -2.04. The molecule has 0 saturated carbocycles. The van der Waals surface area contributed by atoms with Crippen molar-refractivity contribution in [3.05, 3.63) is 48.0 Å². The molecule has 0 fully saturated rings. The Balaban J connectivity index is 1.98. The van der Waals surface area contributed by atoms with Crippen LogP contribution in [0.1, 0.15) is 31.5 Å². The number of aryl methyl sites for hydroxylation is 1. The molecule has 0 spiro atoms. The Morgan fingerprint density at radius 3 is 2.65 bits per heavy atom. The molecule has 0 aliphatic rings. The lowest BCUT2D eigenvalue weighted by atomic mass is 10.1. The van der Waals surface area contributed by atoms with Crippen LogP contribution in [-0.4, -0.2) is 22.0 Å². The molecule has 1 aromatic heterocycles. The van der Waals surface area contributed by atoms with Crippen LogP contribution < -0.4 is 5.32 Å². The Kier molecular flexibility index (Phi) is 4.93. The molecule has 106 valence electrons. The van der Waals surface area contributed by atoms with E-state index in [9.17, 15) is 4.79 Å². The molecule has 1 N–H and O–H groups in total. The van der Waals surface area contributed by atoms with Gasteiger partial charge in [0, 0.05) is 31.8 Å². The number of benzene rings is 1. The van der Waals surface area contributed by atoms with Crippen LogP contribution in [0.3, 0.4) is 0 Å². The van der Waals surface area contributed by atoms with E-state index in [0.717, 1.165) is 30.6 Å². The first kappa shape index (κ1) is 14.3. The third-order valence-electron chi connectivity index (χ3n) is 3.16. The molecule has 0 atom stereocenters.